The minimum Gasteiger partial charge on any atom is -0.374 e. The summed E-state index contributed by atoms with van der Waals surface area (Å²) in [7, 11) is 1.50. The number of hydrogen-bond acceptors (Lipinski definition) is 2. The summed E-state index contributed by atoms with van der Waals surface area (Å²) in [4.78, 5) is 2.25. The van der Waals surface area contributed by atoms with E-state index in [-0.39, 0.29) is 12.4 Å². The smallest absolute Gasteiger partial charge is 0.0356 e. The first-order valence-electron chi connectivity index (χ1n) is 3.58. The molecule has 1 aliphatic rings. The van der Waals surface area contributed by atoms with E-state index in [2.05, 4.69) is 42.0 Å². The maximum absolute atomic E-state index is 4.50. The lowest BCUT2D eigenvalue weighted by atomic mass is 10.3. The number of hydrogen-bond donors (Lipinski definition) is 1. The molecule has 0 saturated carbocycles. The van der Waals surface area contributed by atoms with Crippen LogP contribution in [0.2, 0.25) is 0 Å². The summed E-state index contributed by atoms with van der Waals surface area (Å²) in [6.45, 7) is 4.34. The first-order chi connectivity index (χ1) is 4.93. The molecule has 0 amide bonds. The van der Waals surface area contributed by atoms with Crippen molar-refractivity contribution >= 4 is 12.4 Å². The molecule has 1 aliphatic heterocycles. The highest BCUT2D eigenvalue weighted by Crippen LogP contribution is 1.95. The van der Waals surface area contributed by atoms with Crippen molar-refractivity contribution in [1.82, 2.24) is 4.90 Å². The van der Waals surface area contributed by atoms with Crippen molar-refractivity contribution in [3.05, 3.63) is 24.4 Å². The summed E-state index contributed by atoms with van der Waals surface area (Å²) >= 11 is 0. The molecule has 0 bridgehead atoms. The zero-order valence-corrected chi connectivity index (χ0v) is 7.97. The van der Waals surface area contributed by atoms with Gasteiger partial charge in [0.15, 0.2) is 0 Å². The van der Waals surface area contributed by atoms with E-state index in [4.69, 9.17) is 0 Å². The monoisotopic (exact) mass is 176 g/mol. The Bertz CT molecular complexity index is 121. The van der Waals surface area contributed by atoms with Crippen LogP contribution in [0.1, 0.15) is 6.92 Å². The van der Waals surface area contributed by atoms with Crippen molar-refractivity contribution in [2.75, 3.05) is 20.1 Å². The van der Waals surface area contributed by atoms with E-state index in [1.54, 1.807) is 0 Å². The number of nitrogens with zero attached hydrogens (tertiary/aromatic N) is 1. The predicted molar refractivity (Wildman–Crippen MR) is 52.9 cm³/mol. The number of allylic oxidation sites excluding steroid dienone is 2. The van der Waals surface area contributed by atoms with Gasteiger partial charge in [-0.2, -0.15) is 0 Å². The maximum Gasteiger partial charge on any atom is 0.0356 e. The Morgan fingerprint density at radius 2 is 2.00 bits per heavy atom. The molecule has 2 N–H and O–H groups in total. The molecule has 0 aromatic rings. The molecule has 0 unspecified atom stereocenters. The molecule has 1 heterocycles. The Hall–Kier alpha value is -0.470. The van der Waals surface area contributed by atoms with Crippen molar-refractivity contribution in [3.8, 4) is 0 Å². The Kier molecular flexibility index (Phi) is 11.4. The van der Waals surface area contributed by atoms with Gasteiger partial charge in [-0.3, -0.25) is 0 Å². The molecule has 0 saturated heterocycles. The SMILES string of the molecule is CCN1C=CC=CC1.CN.Cl. The van der Waals surface area contributed by atoms with Gasteiger partial charge < -0.3 is 10.6 Å². The van der Waals surface area contributed by atoms with E-state index in [9.17, 15) is 0 Å². The molecule has 2 nitrogen and oxygen atoms in total. The molecular weight excluding hydrogens is 160 g/mol. The van der Waals surface area contributed by atoms with Crippen LogP contribution in [0.5, 0.6) is 0 Å². The maximum atomic E-state index is 4.50. The average Bonchev–Trinajstić information content (AvgIpc) is 2.10. The molecule has 3 heteroatoms. The van der Waals surface area contributed by atoms with Gasteiger partial charge in [0.1, 0.15) is 0 Å². The second-order valence-electron chi connectivity index (χ2n) is 1.86. The van der Waals surface area contributed by atoms with Gasteiger partial charge in [0.05, 0.1) is 0 Å². The quantitative estimate of drug-likeness (QED) is 0.655. The van der Waals surface area contributed by atoms with Gasteiger partial charge in [0, 0.05) is 13.1 Å². The minimum atomic E-state index is 0. The molecule has 0 aromatic heterocycles. The van der Waals surface area contributed by atoms with Crippen LogP contribution in [0.4, 0.5) is 0 Å². The molecule has 0 aromatic carbocycles. The second kappa shape index (κ2) is 9.53. The van der Waals surface area contributed by atoms with Crippen LogP contribution in [-0.4, -0.2) is 25.0 Å². The Labute approximate surface area is 75.2 Å². The zero-order valence-electron chi connectivity index (χ0n) is 7.16. The van der Waals surface area contributed by atoms with Gasteiger partial charge in [-0.05, 0) is 26.2 Å². The van der Waals surface area contributed by atoms with Crippen LogP contribution in [0.15, 0.2) is 24.4 Å². The second-order valence-corrected chi connectivity index (χ2v) is 1.86. The molecule has 1 rings (SSSR count). The highest BCUT2D eigenvalue weighted by molar-refractivity contribution is 5.85. The van der Waals surface area contributed by atoms with Crippen LogP contribution in [-0.2, 0) is 0 Å². The lowest BCUT2D eigenvalue weighted by Crippen LogP contribution is -2.17. The Balaban J connectivity index is 0. The summed E-state index contributed by atoms with van der Waals surface area (Å²) in [6.07, 6.45) is 8.41. The highest BCUT2D eigenvalue weighted by atomic mass is 35.5. The highest BCUT2D eigenvalue weighted by Gasteiger charge is 1.91. The van der Waals surface area contributed by atoms with Crippen molar-refractivity contribution in [2.24, 2.45) is 5.73 Å². The van der Waals surface area contributed by atoms with Crippen LogP contribution in [0.25, 0.3) is 0 Å². The summed E-state index contributed by atoms with van der Waals surface area (Å²) in [6, 6.07) is 0. The minimum absolute atomic E-state index is 0. The molecule has 11 heavy (non-hydrogen) atoms. The molecule has 0 aliphatic carbocycles. The predicted octanol–water partition coefficient (Wildman–Crippen LogP) is 1.39. The third kappa shape index (κ3) is 5.95. The fourth-order valence-electron chi connectivity index (χ4n) is 0.742. The van der Waals surface area contributed by atoms with Crippen molar-refractivity contribution < 1.29 is 0 Å². The van der Waals surface area contributed by atoms with Crippen molar-refractivity contribution in [1.29, 1.82) is 0 Å². The van der Waals surface area contributed by atoms with E-state index < -0.39 is 0 Å². The topological polar surface area (TPSA) is 29.3 Å². The summed E-state index contributed by atoms with van der Waals surface area (Å²) < 4.78 is 0. The van der Waals surface area contributed by atoms with Gasteiger partial charge in [0.2, 0.25) is 0 Å². The molecule has 0 spiro atoms. The van der Waals surface area contributed by atoms with E-state index in [1.165, 1.54) is 7.05 Å². The first kappa shape index (κ1) is 13.1. The molecule has 0 atom stereocenters. The van der Waals surface area contributed by atoms with Crippen LogP contribution in [0.3, 0.4) is 0 Å². The fourth-order valence-corrected chi connectivity index (χ4v) is 0.742. The van der Waals surface area contributed by atoms with Crippen LogP contribution in [0, 0.1) is 0 Å². The van der Waals surface area contributed by atoms with Gasteiger partial charge in [-0.25, -0.2) is 0 Å². The third-order valence-electron chi connectivity index (χ3n) is 1.29. The standard InChI is InChI=1S/C7H11N.CH5N.ClH/c1-2-8-6-4-3-5-7-8;1-2;/h3-6H,2,7H2,1H3;2H2,1H3;1H. The Morgan fingerprint density at radius 3 is 2.27 bits per heavy atom. The van der Waals surface area contributed by atoms with Gasteiger partial charge in [-0.15, -0.1) is 12.4 Å². The third-order valence-corrected chi connectivity index (χ3v) is 1.29. The lowest BCUT2D eigenvalue weighted by molar-refractivity contribution is 0.436. The van der Waals surface area contributed by atoms with E-state index in [0.29, 0.717) is 0 Å². The normalized spacial score (nSPS) is 13.2. The van der Waals surface area contributed by atoms with Crippen molar-refractivity contribution in [2.45, 2.75) is 6.92 Å². The molecule has 0 radical (unpaired) electrons. The summed E-state index contributed by atoms with van der Waals surface area (Å²) in [5, 5.41) is 0. The number of halogens is 1. The van der Waals surface area contributed by atoms with Gasteiger partial charge >= 0.3 is 0 Å². The Morgan fingerprint density at radius 1 is 1.36 bits per heavy atom. The van der Waals surface area contributed by atoms with Crippen molar-refractivity contribution in [3.63, 3.8) is 0 Å². The number of nitrogens with two attached hydrogens (primary N) is 1. The average molecular weight is 177 g/mol. The zero-order chi connectivity index (χ0) is 7.82. The number of likely N-dealkylation sites (N-methyl/N-ethyl adjacent to an activating group) is 1. The lowest BCUT2D eigenvalue weighted by Gasteiger charge is -2.16. The van der Waals surface area contributed by atoms with Crippen LogP contribution >= 0.6 is 12.4 Å². The molecular formula is C8H17ClN2. The van der Waals surface area contributed by atoms with E-state index in [1.807, 2.05) is 0 Å². The first-order valence-corrected chi connectivity index (χ1v) is 3.58. The van der Waals surface area contributed by atoms with E-state index in [0.717, 1.165) is 13.1 Å². The van der Waals surface area contributed by atoms with Gasteiger partial charge in [0.25, 0.3) is 0 Å². The fraction of sp³-hybridized carbons (Fsp3) is 0.500. The molecule has 0 fully saturated rings. The number of rotatable bonds is 1. The van der Waals surface area contributed by atoms with E-state index >= 15 is 0 Å². The van der Waals surface area contributed by atoms with Gasteiger partial charge in [-0.1, -0.05) is 12.2 Å². The summed E-state index contributed by atoms with van der Waals surface area (Å²) in [5.74, 6) is 0. The largest absolute Gasteiger partial charge is 0.374 e. The molecule has 66 valence electrons. The summed E-state index contributed by atoms with van der Waals surface area (Å²) in [5.41, 5.74) is 4.50. The van der Waals surface area contributed by atoms with Crippen LogP contribution < -0.4 is 5.73 Å².